The summed E-state index contributed by atoms with van der Waals surface area (Å²) in [6.45, 7) is 3.06. The zero-order valence-electron chi connectivity index (χ0n) is 14.3. The normalized spacial score (nSPS) is 34.2. The van der Waals surface area contributed by atoms with E-state index in [9.17, 15) is 5.11 Å². The zero-order chi connectivity index (χ0) is 15.9. The van der Waals surface area contributed by atoms with E-state index in [-0.39, 0.29) is 0 Å². The van der Waals surface area contributed by atoms with Crippen LogP contribution in [-0.4, -0.2) is 37.8 Å². The Kier molecular flexibility index (Phi) is 4.21. The Morgan fingerprint density at radius 3 is 2.77 bits per heavy atom. The SMILES string of the molecule is COc1ccc(C)c(C2(O)CC3CCC(C3)C2CN(C)C)c1. The summed E-state index contributed by atoms with van der Waals surface area (Å²) in [6.07, 6.45) is 4.74. The summed E-state index contributed by atoms with van der Waals surface area (Å²) >= 11 is 0. The maximum Gasteiger partial charge on any atom is 0.119 e. The highest BCUT2D eigenvalue weighted by Crippen LogP contribution is 2.55. The van der Waals surface area contributed by atoms with Gasteiger partial charge >= 0.3 is 0 Å². The van der Waals surface area contributed by atoms with E-state index in [0.29, 0.717) is 17.8 Å². The lowest BCUT2D eigenvalue weighted by atomic mass is 9.65. The molecule has 4 atom stereocenters. The van der Waals surface area contributed by atoms with Gasteiger partial charge < -0.3 is 14.7 Å². The summed E-state index contributed by atoms with van der Waals surface area (Å²) in [5.74, 6) is 2.48. The second-order valence-corrected chi connectivity index (χ2v) is 7.62. The maximum atomic E-state index is 11.8. The highest BCUT2D eigenvalue weighted by Gasteiger charge is 2.51. The first-order valence-corrected chi connectivity index (χ1v) is 8.46. The fourth-order valence-electron chi connectivity index (χ4n) is 4.84. The van der Waals surface area contributed by atoms with Crippen LogP contribution in [0.1, 0.15) is 36.8 Å². The Morgan fingerprint density at radius 1 is 1.32 bits per heavy atom. The Bertz CT molecular complexity index is 542. The standard InChI is InChI=1S/C19H29NO2/c1-13-5-8-16(22-4)10-17(13)19(21)11-14-6-7-15(9-14)18(19)12-20(2)3/h5,8,10,14-15,18,21H,6-7,9,11-12H2,1-4H3. The van der Waals surface area contributed by atoms with Gasteiger partial charge in [-0.15, -0.1) is 0 Å². The van der Waals surface area contributed by atoms with Crippen LogP contribution in [0.4, 0.5) is 0 Å². The van der Waals surface area contributed by atoms with Crippen molar-refractivity contribution in [2.24, 2.45) is 17.8 Å². The molecule has 2 aliphatic rings. The predicted octanol–water partition coefficient (Wildman–Crippen LogP) is 3.19. The van der Waals surface area contributed by atoms with Crippen molar-refractivity contribution in [2.75, 3.05) is 27.7 Å². The Hall–Kier alpha value is -1.06. The smallest absolute Gasteiger partial charge is 0.119 e. The summed E-state index contributed by atoms with van der Waals surface area (Å²) in [4.78, 5) is 2.23. The van der Waals surface area contributed by atoms with E-state index in [2.05, 4.69) is 38.1 Å². The van der Waals surface area contributed by atoms with Gasteiger partial charge in [-0.1, -0.05) is 12.5 Å². The van der Waals surface area contributed by atoms with Crippen LogP contribution >= 0.6 is 0 Å². The van der Waals surface area contributed by atoms with E-state index < -0.39 is 5.60 Å². The molecule has 0 radical (unpaired) electrons. The number of benzene rings is 1. The molecule has 0 spiro atoms. The molecule has 0 aromatic heterocycles. The average Bonchev–Trinajstić information content (AvgIpc) is 2.87. The Labute approximate surface area is 134 Å². The van der Waals surface area contributed by atoms with E-state index >= 15 is 0 Å². The molecule has 1 aromatic carbocycles. The Balaban J connectivity index is 2.04. The second kappa shape index (κ2) is 5.86. The third-order valence-corrected chi connectivity index (χ3v) is 5.84. The number of fused-ring (bicyclic) bond motifs is 2. The molecule has 122 valence electrons. The number of ether oxygens (including phenoxy) is 1. The van der Waals surface area contributed by atoms with Gasteiger partial charge in [0.2, 0.25) is 0 Å². The third kappa shape index (κ3) is 2.65. The number of aryl methyl sites for hydroxylation is 1. The molecule has 0 amide bonds. The lowest BCUT2D eigenvalue weighted by Gasteiger charge is -2.46. The molecular weight excluding hydrogens is 274 g/mol. The van der Waals surface area contributed by atoms with Crippen molar-refractivity contribution in [1.82, 2.24) is 4.90 Å². The molecular formula is C19H29NO2. The first-order chi connectivity index (χ1) is 10.4. The van der Waals surface area contributed by atoms with Crippen LogP contribution < -0.4 is 4.74 Å². The molecule has 3 rings (SSSR count). The molecule has 2 fully saturated rings. The van der Waals surface area contributed by atoms with E-state index in [1.54, 1.807) is 7.11 Å². The topological polar surface area (TPSA) is 32.7 Å². The predicted molar refractivity (Wildman–Crippen MR) is 89.1 cm³/mol. The Morgan fingerprint density at radius 2 is 2.09 bits per heavy atom. The van der Waals surface area contributed by atoms with Crippen molar-refractivity contribution in [1.29, 1.82) is 0 Å². The number of rotatable bonds is 4. The minimum Gasteiger partial charge on any atom is -0.497 e. The van der Waals surface area contributed by atoms with Crippen LogP contribution in [0.15, 0.2) is 18.2 Å². The van der Waals surface area contributed by atoms with Gasteiger partial charge in [-0.2, -0.15) is 0 Å². The van der Waals surface area contributed by atoms with Crippen LogP contribution in [0.25, 0.3) is 0 Å². The maximum absolute atomic E-state index is 11.8. The summed E-state index contributed by atoms with van der Waals surface area (Å²) in [5, 5.41) is 11.8. The van der Waals surface area contributed by atoms with Crippen molar-refractivity contribution in [2.45, 2.75) is 38.2 Å². The molecule has 3 heteroatoms. The summed E-state index contributed by atoms with van der Waals surface area (Å²) in [7, 11) is 5.92. The highest BCUT2D eigenvalue weighted by molar-refractivity contribution is 5.40. The van der Waals surface area contributed by atoms with Gasteiger partial charge in [-0.3, -0.25) is 0 Å². The van der Waals surface area contributed by atoms with Crippen LogP contribution in [0.3, 0.4) is 0 Å². The number of nitrogens with zero attached hydrogens (tertiary/aromatic N) is 1. The van der Waals surface area contributed by atoms with Gasteiger partial charge in [-0.05, 0) is 75.4 Å². The zero-order valence-corrected chi connectivity index (χ0v) is 14.3. The van der Waals surface area contributed by atoms with E-state index in [4.69, 9.17) is 4.74 Å². The van der Waals surface area contributed by atoms with E-state index in [1.165, 1.54) is 24.8 Å². The lowest BCUT2D eigenvalue weighted by Crippen LogP contribution is -2.47. The number of hydrogen-bond acceptors (Lipinski definition) is 3. The van der Waals surface area contributed by atoms with Crippen molar-refractivity contribution in [3.63, 3.8) is 0 Å². The highest BCUT2D eigenvalue weighted by atomic mass is 16.5. The molecule has 0 aliphatic heterocycles. The second-order valence-electron chi connectivity index (χ2n) is 7.62. The van der Waals surface area contributed by atoms with E-state index in [1.807, 2.05) is 6.07 Å². The summed E-state index contributed by atoms with van der Waals surface area (Å²) in [5.41, 5.74) is 1.54. The minimum absolute atomic E-state index is 0.312. The van der Waals surface area contributed by atoms with Gasteiger partial charge in [0.05, 0.1) is 12.7 Å². The lowest BCUT2D eigenvalue weighted by molar-refractivity contribution is -0.0896. The summed E-state index contributed by atoms with van der Waals surface area (Å²) < 4.78 is 5.41. The molecule has 1 aromatic rings. The molecule has 0 heterocycles. The van der Waals surface area contributed by atoms with Crippen molar-refractivity contribution < 1.29 is 9.84 Å². The molecule has 22 heavy (non-hydrogen) atoms. The largest absolute Gasteiger partial charge is 0.497 e. The van der Waals surface area contributed by atoms with Crippen molar-refractivity contribution in [3.05, 3.63) is 29.3 Å². The van der Waals surface area contributed by atoms with E-state index in [0.717, 1.165) is 24.3 Å². The first kappa shape index (κ1) is 15.8. The quantitative estimate of drug-likeness (QED) is 0.927. The third-order valence-electron chi connectivity index (χ3n) is 5.84. The van der Waals surface area contributed by atoms with Gasteiger partial charge in [0, 0.05) is 12.5 Å². The van der Waals surface area contributed by atoms with Crippen LogP contribution in [-0.2, 0) is 5.60 Å². The fourth-order valence-corrected chi connectivity index (χ4v) is 4.84. The van der Waals surface area contributed by atoms with Crippen LogP contribution in [0.2, 0.25) is 0 Å². The van der Waals surface area contributed by atoms with Gasteiger partial charge in [0.1, 0.15) is 5.75 Å². The molecule has 3 nitrogen and oxygen atoms in total. The minimum atomic E-state index is -0.715. The molecule has 2 bridgehead atoms. The monoisotopic (exact) mass is 303 g/mol. The molecule has 1 N–H and O–H groups in total. The van der Waals surface area contributed by atoms with Gasteiger partial charge in [0.25, 0.3) is 0 Å². The molecule has 4 unspecified atom stereocenters. The van der Waals surface area contributed by atoms with Crippen molar-refractivity contribution >= 4 is 0 Å². The average molecular weight is 303 g/mol. The molecule has 0 saturated heterocycles. The van der Waals surface area contributed by atoms with Crippen molar-refractivity contribution in [3.8, 4) is 5.75 Å². The molecule has 2 saturated carbocycles. The fraction of sp³-hybridized carbons (Fsp3) is 0.684. The number of hydrogen-bond donors (Lipinski definition) is 1. The van der Waals surface area contributed by atoms with Crippen LogP contribution in [0.5, 0.6) is 5.75 Å². The van der Waals surface area contributed by atoms with Crippen LogP contribution in [0, 0.1) is 24.7 Å². The van der Waals surface area contributed by atoms with Gasteiger partial charge in [0.15, 0.2) is 0 Å². The first-order valence-electron chi connectivity index (χ1n) is 8.46. The summed E-state index contributed by atoms with van der Waals surface area (Å²) in [6, 6.07) is 6.12. The molecule has 2 aliphatic carbocycles. The number of aliphatic hydroxyl groups is 1. The number of methoxy groups -OCH3 is 1. The van der Waals surface area contributed by atoms with Gasteiger partial charge in [-0.25, -0.2) is 0 Å².